The summed E-state index contributed by atoms with van der Waals surface area (Å²) in [7, 11) is 0. The van der Waals surface area contributed by atoms with Crippen molar-refractivity contribution in [1.29, 1.82) is 0 Å². The lowest BCUT2D eigenvalue weighted by Gasteiger charge is -2.32. The molecule has 1 atom stereocenters. The molecule has 3 aromatic rings. The molecule has 0 aliphatic carbocycles. The fourth-order valence-corrected chi connectivity index (χ4v) is 4.95. The third-order valence-electron chi connectivity index (χ3n) is 6.85. The number of piperidine rings is 1. The summed E-state index contributed by atoms with van der Waals surface area (Å²) in [6.07, 6.45) is 2.20. The van der Waals surface area contributed by atoms with E-state index in [2.05, 4.69) is 47.0 Å². The highest BCUT2D eigenvalue weighted by Crippen LogP contribution is 2.21. The number of ether oxygens (including phenoxy) is 1. The molecule has 1 fully saturated rings. The summed E-state index contributed by atoms with van der Waals surface area (Å²) in [6.45, 7) is 2.89. The van der Waals surface area contributed by atoms with E-state index in [0.717, 1.165) is 48.7 Å². The van der Waals surface area contributed by atoms with E-state index in [-0.39, 0.29) is 24.4 Å². The van der Waals surface area contributed by atoms with Crippen LogP contribution in [0.15, 0.2) is 66.7 Å². The van der Waals surface area contributed by atoms with Crippen molar-refractivity contribution in [2.45, 2.75) is 44.4 Å². The van der Waals surface area contributed by atoms with Gasteiger partial charge in [0.25, 0.3) is 0 Å². The highest BCUT2D eigenvalue weighted by atomic mass is 35.5. The van der Waals surface area contributed by atoms with Crippen LogP contribution in [0.1, 0.15) is 29.5 Å². The molecular formula is C28H32ClN3O3. The second-order valence-corrected chi connectivity index (χ2v) is 9.22. The van der Waals surface area contributed by atoms with Crippen LogP contribution < -0.4 is 10.6 Å². The van der Waals surface area contributed by atoms with Gasteiger partial charge in [-0.05, 0) is 59.8 Å². The third-order valence-corrected chi connectivity index (χ3v) is 6.85. The first-order valence-corrected chi connectivity index (χ1v) is 12.2. The van der Waals surface area contributed by atoms with E-state index in [9.17, 15) is 9.59 Å². The number of carbonyl (C=O) groups is 2. The molecule has 35 heavy (non-hydrogen) atoms. The monoisotopic (exact) mass is 493 g/mol. The SMILES string of the molecule is Cl.O=C(N[C@H](Cc1ccc2ccccc2c1)C(=O)N1CCc2ccccc2C1)OC1CCNCC1. The average Bonchev–Trinajstić information content (AvgIpc) is 2.88. The number of carbonyl (C=O) groups excluding carboxylic acids is 2. The minimum absolute atomic E-state index is 0. The van der Waals surface area contributed by atoms with Gasteiger partial charge in [-0.15, -0.1) is 12.4 Å². The Bertz CT molecular complexity index is 1180. The van der Waals surface area contributed by atoms with E-state index in [4.69, 9.17) is 4.74 Å². The van der Waals surface area contributed by atoms with E-state index in [1.807, 2.05) is 35.2 Å². The largest absolute Gasteiger partial charge is 0.446 e. The van der Waals surface area contributed by atoms with Crippen molar-refractivity contribution >= 4 is 35.2 Å². The molecule has 0 bridgehead atoms. The van der Waals surface area contributed by atoms with Crippen molar-refractivity contribution in [2.24, 2.45) is 0 Å². The number of nitrogens with zero attached hydrogens (tertiary/aromatic N) is 1. The standard InChI is InChI=1S/C28H31N3O3.ClH/c32-27(31-16-13-22-6-2-4-8-24(22)19-31)26(30-28(33)34-25-11-14-29-15-12-25)18-20-9-10-21-5-1-3-7-23(21)17-20;/h1-10,17,25-26,29H,11-16,18-19H2,(H,30,33);1H/t26-;/m1./s1. The van der Waals surface area contributed by atoms with Gasteiger partial charge in [0.05, 0.1) is 0 Å². The Morgan fingerprint density at radius 2 is 1.69 bits per heavy atom. The van der Waals surface area contributed by atoms with Crippen molar-refractivity contribution in [3.63, 3.8) is 0 Å². The molecule has 2 N–H and O–H groups in total. The Morgan fingerprint density at radius 3 is 2.49 bits per heavy atom. The number of nitrogens with one attached hydrogen (secondary N) is 2. The zero-order valence-electron chi connectivity index (χ0n) is 19.7. The summed E-state index contributed by atoms with van der Waals surface area (Å²) >= 11 is 0. The molecule has 2 amide bonds. The van der Waals surface area contributed by atoms with Gasteiger partial charge in [0, 0.05) is 19.5 Å². The van der Waals surface area contributed by atoms with Gasteiger partial charge in [-0.2, -0.15) is 0 Å². The molecule has 0 spiro atoms. The van der Waals surface area contributed by atoms with Crippen LogP contribution in [-0.2, 0) is 28.9 Å². The normalized spacial score (nSPS) is 16.6. The maximum absolute atomic E-state index is 13.6. The Morgan fingerprint density at radius 1 is 0.971 bits per heavy atom. The van der Waals surface area contributed by atoms with E-state index in [0.29, 0.717) is 19.5 Å². The summed E-state index contributed by atoms with van der Waals surface area (Å²) in [4.78, 5) is 28.3. The van der Waals surface area contributed by atoms with Crippen LogP contribution in [0, 0.1) is 0 Å². The van der Waals surface area contributed by atoms with Gasteiger partial charge in [0.15, 0.2) is 0 Å². The maximum Gasteiger partial charge on any atom is 0.408 e. The maximum atomic E-state index is 13.6. The molecule has 0 radical (unpaired) electrons. The summed E-state index contributed by atoms with van der Waals surface area (Å²) < 4.78 is 5.66. The number of rotatable bonds is 5. The highest BCUT2D eigenvalue weighted by Gasteiger charge is 2.30. The van der Waals surface area contributed by atoms with Crippen molar-refractivity contribution < 1.29 is 14.3 Å². The van der Waals surface area contributed by atoms with E-state index >= 15 is 0 Å². The number of hydrogen-bond acceptors (Lipinski definition) is 4. The Hall–Kier alpha value is -3.09. The van der Waals surface area contributed by atoms with Gasteiger partial charge >= 0.3 is 6.09 Å². The van der Waals surface area contributed by atoms with Crippen molar-refractivity contribution in [1.82, 2.24) is 15.5 Å². The number of alkyl carbamates (subject to hydrolysis) is 1. The number of fused-ring (bicyclic) bond motifs is 2. The van der Waals surface area contributed by atoms with Crippen LogP contribution in [0.3, 0.4) is 0 Å². The van der Waals surface area contributed by atoms with E-state index < -0.39 is 12.1 Å². The first-order valence-electron chi connectivity index (χ1n) is 12.2. The second-order valence-electron chi connectivity index (χ2n) is 9.22. The molecular weight excluding hydrogens is 462 g/mol. The molecule has 6 nitrogen and oxygen atoms in total. The lowest BCUT2D eigenvalue weighted by atomic mass is 9.97. The predicted molar refractivity (Wildman–Crippen MR) is 140 cm³/mol. The summed E-state index contributed by atoms with van der Waals surface area (Å²) in [5, 5.41) is 8.46. The molecule has 0 saturated carbocycles. The van der Waals surface area contributed by atoms with Gasteiger partial charge < -0.3 is 20.3 Å². The van der Waals surface area contributed by atoms with E-state index in [1.165, 1.54) is 11.1 Å². The molecule has 2 heterocycles. The summed E-state index contributed by atoms with van der Waals surface area (Å²) in [6, 6.07) is 21.9. The smallest absolute Gasteiger partial charge is 0.408 e. The highest BCUT2D eigenvalue weighted by molar-refractivity contribution is 5.87. The average molecular weight is 494 g/mol. The summed E-state index contributed by atoms with van der Waals surface area (Å²) in [5.74, 6) is -0.0649. The molecule has 3 aromatic carbocycles. The molecule has 0 aromatic heterocycles. The Balaban J connectivity index is 0.00000289. The van der Waals surface area contributed by atoms with Crippen LogP contribution >= 0.6 is 12.4 Å². The first kappa shape index (κ1) is 25.0. The Labute approximate surface area is 212 Å². The van der Waals surface area contributed by atoms with Gasteiger partial charge in [0.2, 0.25) is 5.91 Å². The molecule has 7 heteroatoms. The topological polar surface area (TPSA) is 70.7 Å². The quantitative estimate of drug-likeness (QED) is 0.558. The molecule has 5 rings (SSSR count). The Kier molecular flexibility index (Phi) is 8.26. The van der Waals surface area contributed by atoms with Gasteiger partial charge in [0.1, 0.15) is 12.1 Å². The third kappa shape index (κ3) is 6.13. The second kappa shape index (κ2) is 11.6. The molecule has 184 valence electrons. The minimum atomic E-state index is -0.680. The fourth-order valence-electron chi connectivity index (χ4n) is 4.95. The first-order chi connectivity index (χ1) is 16.7. The molecule has 0 unspecified atom stereocenters. The summed E-state index contributed by atoms with van der Waals surface area (Å²) in [5.41, 5.74) is 3.47. The number of benzene rings is 3. The molecule has 1 saturated heterocycles. The van der Waals surface area contributed by atoms with Gasteiger partial charge in [-0.3, -0.25) is 4.79 Å². The predicted octanol–water partition coefficient (Wildman–Crippen LogP) is 4.24. The number of halogens is 1. The van der Waals surface area contributed by atoms with Crippen LogP contribution in [0.25, 0.3) is 10.8 Å². The lowest BCUT2D eigenvalue weighted by Crippen LogP contribution is -2.51. The van der Waals surface area contributed by atoms with Gasteiger partial charge in [-0.1, -0.05) is 66.7 Å². The van der Waals surface area contributed by atoms with Crippen molar-refractivity contribution in [3.05, 3.63) is 83.4 Å². The van der Waals surface area contributed by atoms with Crippen LogP contribution in [0.5, 0.6) is 0 Å². The fraction of sp³-hybridized carbons (Fsp3) is 0.357. The lowest BCUT2D eigenvalue weighted by molar-refractivity contribution is -0.134. The number of amides is 2. The molecule has 2 aliphatic rings. The van der Waals surface area contributed by atoms with Crippen LogP contribution in [0.4, 0.5) is 4.79 Å². The zero-order chi connectivity index (χ0) is 23.3. The number of hydrogen-bond donors (Lipinski definition) is 2. The van der Waals surface area contributed by atoms with Gasteiger partial charge in [-0.25, -0.2) is 4.79 Å². The van der Waals surface area contributed by atoms with Crippen LogP contribution in [0.2, 0.25) is 0 Å². The van der Waals surface area contributed by atoms with Crippen LogP contribution in [-0.4, -0.2) is 48.7 Å². The van der Waals surface area contributed by atoms with Crippen molar-refractivity contribution in [3.8, 4) is 0 Å². The minimum Gasteiger partial charge on any atom is -0.446 e. The molecule has 2 aliphatic heterocycles. The van der Waals surface area contributed by atoms with E-state index in [1.54, 1.807) is 0 Å². The zero-order valence-corrected chi connectivity index (χ0v) is 20.6. The van der Waals surface area contributed by atoms with Crippen molar-refractivity contribution in [2.75, 3.05) is 19.6 Å².